The van der Waals surface area contributed by atoms with Gasteiger partial charge in [0.2, 0.25) is 5.91 Å². The first-order valence-electron chi connectivity index (χ1n) is 9.48. The molecule has 0 aliphatic carbocycles. The molecule has 29 heavy (non-hydrogen) atoms. The zero-order chi connectivity index (χ0) is 20.2. The molecule has 1 amide bonds. The number of anilines is 1. The van der Waals surface area contributed by atoms with Crippen LogP contribution in [-0.2, 0) is 11.8 Å². The van der Waals surface area contributed by atoms with Crippen LogP contribution in [0.4, 0.5) is 10.1 Å². The molecule has 2 aromatic carbocycles. The molecule has 1 aliphatic rings. The maximum absolute atomic E-state index is 13.1. The molecule has 0 radical (unpaired) electrons. The van der Waals surface area contributed by atoms with E-state index in [0.717, 1.165) is 18.7 Å². The lowest BCUT2D eigenvalue weighted by Crippen LogP contribution is -2.49. The van der Waals surface area contributed by atoms with E-state index in [0.29, 0.717) is 29.8 Å². The van der Waals surface area contributed by atoms with E-state index < -0.39 is 0 Å². The van der Waals surface area contributed by atoms with E-state index in [1.165, 1.54) is 29.6 Å². The van der Waals surface area contributed by atoms with Crippen LogP contribution in [0.1, 0.15) is 0 Å². The van der Waals surface area contributed by atoms with Crippen molar-refractivity contribution in [3.63, 3.8) is 0 Å². The fraction of sp³-hybridized carbons (Fsp3) is 0.286. The lowest BCUT2D eigenvalue weighted by Gasteiger charge is -2.36. The van der Waals surface area contributed by atoms with Gasteiger partial charge in [-0.15, -0.1) is 10.2 Å². The van der Waals surface area contributed by atoms with E-state index >= 15 is 0 Å². The number of piperazine rings is 1. The molecule has 0 spiro atoms. The third-order valence-electron chi connectivity index (χ3n) is 5.02. The molecule has 0 bridgehead atoms. The molecule has 1 fully saturated rings. The Balaban J connectivity index is 1.32. The molecule has 0 saturated carbocycles. The van der Waals surface area contributed by atoms with E-state index in [-0.39, 0.29) is 11.7 Å². The van der Waals surface area contributed by atoms with Crippen LogP contribution in [0.15, 0.2) is 59.8 Å². The standard InChI is InChI=1S/C21H22FN5OS/c1-25-20(16-7-9-17(22)10-8-16)23-24-21(25)29-15-19(28)27-13-11-26(12-14-27)18-5-3-2-4-6-18/h2-10H,11-15H2,1H3. The second kappa shape index (κ2) is 8.65. The molecule has 1 aliphatic heterocycles. The van der Waals surface area contributed by atoms with Crippen molar-refractivity contribution in [3.05, 3.63) is 60.4 Å². The lowest BCUT2D eigenvalue weighted by atomic mass is 10.2. The van der Waals surface area contributed by atoms with Gasteiger partial charge < -0.3 is 14.4 Å². The van der Waals surface area contributed by atoms with E-state index in [1.54, 1.807) is 12.1 Å². The van der Waals surface area contributed by atoms with Gasteiger partial charge in [-0.25, -0.2) is 4.39 Å². The van der Waals surface area contributed by atoms with Crippen molar-refractivity contribution >= 4 is 23.4 Å². The number of hydrogen-bond acceptors (Lipinski definition) is 5. The molecule has 0 atom stereocenters. The summed E-state index contributed by atoms with van der Waals surface area (Å²) >= 11 is 1.38. The summed E-state index contributed by atoms with van der Waals surface area (Å²) in [4.78, 5) is 16.8. The van der Waals surface area contributed by atoms with Crippen LogP contribution in [0, 0.1) is 5.82 Å². The van der Waals surface area contributed by atoms with Gasteiger partial charge in [0, 0.05) is 44.5 Å². The summed E-state index contributed by atoms with van der Waals surface area (Å²) in [5.74, 6) is 0.787. The topological polar surface area (TPSA) is 54.3 Å². The van der Waals surface area contributed by atoms with Crippen LogP contribution in [0.25, 0.3) is 11.4 Å². The second-order valence-corrected chi connectivity index (χ2v) is 7.81. The zero-order valence-corrected chi connectivity index (χ0v) is 17.0. The molecule has 1 aromatic heterocycles. The normalized spacial score (nSPS) is 14.3. The predicted octanol–water partition coefficient (Wildman–Crippen LogP) is 3.06. The van der Waals surface area contributed by atoms with Gasteiger partial charge in [0.25, 0.3) is 0 Å². The third kappa shape index (κ3) is 4.42. The minimum atomic E-state index is -0.288. The number of carbonyl (C=O) groups is 1. The van der Waals surface area contributed by atoms with Crippen LogP contribution in [0.2, 0.25) is 0 Å². The molecular formula is C21H22FN5OS. The van der Waals surface area contributed by atoms with Crippen LogP contribution in [-0.4, -0.2) is 57.5 Å². The Bertz CT molecular complexity index is 968. The Morgan fingerprint density at radius 2 is 1.69 bits per heavy atom. The Hall–Kier alpha value is -2.87. The number of halogens is 1. The van der Waals surface area contributed by atoms with Crippen LogP contribution in [0.5, 0.6) is 0 Å². The van der Waals surface area contributed by atoms with Gasteiger partial charge in [-0.3, -0.25) is 4.79 Å². The van der Waals surface area contributed by atoms with Crippen LogP contribution < -0.4 is 4.90 Å². The minimum Gasteiger partial charge on any atom is -0.368 e. The van der Waals surface area contributed by atoms with Gasteiger partial charge in [0.05, 0.1) is 5.75 Å². The van der Waals surface area contributed by atoms with Crippen molar-refractivity contribution in [1.82, 2.24) is 19.7 Å². The average Bonchev–Trinajstić information content (AvgIpc) is 3.13. The summed E-state index contributed by atoms with van der Waals surface area (Å²) in [6, 6.07) is 16.4. The number of para-hydroxylation sites is 1. The number of nitrogens with zero attached hydrogens (tertiary/aromatic N) is 5. The monoisotopic (exact) mass is 411 g/mol. The Labute approximate surface area is 173 Å². The number of rotatable bonds is 5. The van der Waals surface area contributed by atoms with E-state index in [1.807, 2.05) is 34.7 Å². The van der Waals surface area contributed by atoms with Crippen molar-refractivity contribution in [1.29, 1.82) is 0 Å². The summed E-state index contributed by atoms with van der Waals surface area (Å²) in [5.41, 5.74) is 1.98. The SMILES string of the molecule is Cn1c(SCC(=O)N2CCN(c3ccccc3)CC2)nnc1-c1ccc(F)cc1. The number of benzene rings is 2. The van der Waals surface area contributed by atoms with Crippen molar-refractivity contribution in [2.24, 2.45) is 7.05 Å². The highest BCUT2D eigenvalue weighted by atomic mass is 32.2. The quantitative estimate of drug-likeness (QED) is 0.604. The lowest BCUT2D eigenvalue weighted by molar-refractivity contribution is -0.128. The fourth-order valence-corrected chi connectivity index (χ4v) is 4.18. The number of thioether (sulfide) groups is 1. The molecule has 8 heteroatoms. The maximum atomic E-state index is 13.1. The van der Waals surface area contributed by atoms with Gasteiger partial charge in [0.1, 0.15) is 5.82 Å². The third-order valence-corrected chi connectivity index (χ3v) is 6.02. The summed E-state index contributed by atoms with van der Waals surface area (Å²) in [6.45, 7) is 3.10. The molecule has 1 saturated heterocycles. The van der Waals surface area contributed by atoms with E-state index in [2.05, 4.69) is 27.2 Å². The van der Waals surface area contributed by atoms with Gasteiger partial charge >= 0.3 is 0 Å². The highest BCUT2D eigenvalue weighted by molar-refractivity contribution is 7.99. The molecule has 2 heterocycles. The van der Waals surface area contributed by atoms with Crippen molar-refractivity contribution in [2.75, 3.05) is 36.8 Å². The molecule has 4 rings (SSSR count). The van der Waals surface area contributed by atoms with Crippen molar-refractivity contribution in [2.45, 2.75) is 5.16 Å². The van der Waals surface area contributed by atoms with Gasteiger partial charge in [-0.2, -0.15) is 0 Å². The van der Waals surface area contributed by atoms with E-state index in [4.69, 9.17) is 0 Å². The number of amides is 1. The zero-order valence-electron chi connectivity index (χ0n) is 16.2. The van der Waals surface area contributed by atoms with Crippen molar-refractivity contribution < 1.29 is 9.18 Å². The van der Waals surface area contributed by atoms with Crippen LogP contribution in [0.3, 0.4) is 0 Å². The minimum absolute atomic E-state index is 0.106. The fourth-order valence-electron chi connectivity index (χ4n) is 3.36. The predicted molar refractivity (Wildman–Crippen MR) is 112 cm³/mol. The molecule has 150 valence electrons. The van der Waals surface area contributed by atoms with Crippen molar-refractivity contribution in [3.8, 4) is 11.4 Å². The number of aromatic nitrogens is 3. The molecule has 6 nitrogen and oxygen atoms in total. The molecule has 3 aromatic rings. The summed E-state index contributed by atoms with van der Waals surface area (Å²) < 4.78 is 15.0. The average molecular weight is 412 g/mol. The molecule has 0 N–H and O–H groups in total. The number of carbonyl (C=O) groups excluding carboxylic acids is 1. The largest absolute Gasteiger partial charge is 0.368 e. The van der Waals surface area contributed by atoms with E-state index in [9.17, 15) is 9.18 Å². The maximum Gasteiger partial charge on any atom is 0.233 e. The van der Waals surface area contributed by atoms with Gasteiger partial charge in [0.15, 0.2) is 11.0 Å². The molecule has 0 unspecified atom stereocenters. The molecular weight excluding hydrogens is 389 g/mol. The summed E-state index contributed by atoms with van der Waals surface area (Å²) in [5, 5.41) is 9.04. The van der Waals surface area contributed by atoms with Crippen LogP contribution >= 0.6 is 11.8 Å². The smallest absolute Gasteiger partial charge is 0.233 e. The Morgan fingerprint density at radius 1 is 1.00 bits per heavy atom. The Kier molecular flexibility index (Phi) is 5.80. The highest BCUT2D eigenvalue weighted by Gasteiger charge is 2.22. The van der Waals surface area contributed by atoms with Gasteiger partial charge in [-0.1, -0.05) is 30.0 Å². The summed E-state index contributed by atoms with van der Waals surface area (Å²) in [6.07, 6.45) is 0. The summed E-state index contributed by atoms with van der Waals surface area (Å²) in [7, 11) is 1.85. The first kappa shape index (κ1) is 19.4. The Morgan fingerprint density at radius 3 is 2.38 bits per heavy atom. The second-order valence-electron chi connectivity index (χ2n) is 6.86. The number of hydrogen-bond donors (Lipinski definition) is 0. The first-order valence-corrected chi connectivity index (χ1v) is 10.5. The van der Waals surface area contributed by atoms with Gasteiger partial charge in [-0.05, 0) is 36.4 Å². The highest BCUT2D eigenvalue weighted by Crippen LogP contribution is 2.23. The first-order chi connectivity index (χ1) is 14.1.